The number of hydrogen-bond donors (Lipinski definition) is 0. The number of nitrogens with zero attached hydrogens (tertiary/aromatic N) is 2. The van der Waals surface area contributed by atoms with Gasteiger partial charge < -0.3 is 0 Å². The number of benzene rings is 1. The van der Waals surface area contributed by atoms with Gasteiger partial charge in [-0.25, -0.2) is 4.98 Å². The maximum Gasteiger partial charge on any atom is 0.269 e. The van der Waals surface area contributed by atoms with Crippen LogP contribution in [-0.2, 0) is 0 Å². The summed E-state index contributed by atoms with van der Waals surface area (Å²) in [6.07, 6.45) is 0. The van der Waals surface area contributed by atoms with Crippen molar-refractivity contribution in [2.75, 3.05) is 0 Å². The lowest BCUT2D eigenvalue weighted by atomic mass is 10.1. The first kappa shape index (κ1) is 10.1. The second kappa shape index (κ2) is 3.96. The van der Waals surface area contributed by atoms with Gasteiger partial charge in [-0.15, -0.1) is 11.3 Å². The van der Waals surface area contributed by atoms with Gasteiger partial charge in [-0.3, -0.25) is 10.1 Å². The highest BCUT2D eigenvalue weighted by atomic mass is 35.5. The van der Waals surface area contributed by atoms with Crippen molar-refractivity contribution in [3.05, 3.63) is 44.2 Å². The molecule has 0 fully saturated rings. The number of hydrogen-bond acceptors (Lipinski definition) is 4. The van der Waals surface area contributed by atoms with E-state index in [1.807, 2.05) is 5.38 Å². The third-order valence-corrected chi connectivity index (χ3v) is 2.83. The number of non-ortho nitro benzene ring substituents is 1. The van der Waals surface area contributed by atoms with Crippen LogP contribution in [0.3, 0.4) is 0 Å². The highest BCUT2D eigenvalue weighted by Gasteiger charge is 2.07. The lowest BCUT2D eigenvalue weighted by molar-refractivity contribution is -0.384. The third-order valence-electron chi connectivity index (χ3n) is 1.85. The molecule has 0 radical (unpaired) electrons. The average Bonchev–Trinajstić information content (AvgIpc) is 2.65. The van der Waals surface area contributed by atoms with Crippen LogP contribution in [0.2, 0.25) is 4.47 Å². The fourth-order valence-electron chi connectivity index (χ4n) is 1.14. The van der Waals surface area contributed by atoms with E-state index < -0.39 is 4.92 Å². The molecule has 0 aliphatic carbocycles. The van der Waals surface area contributed by atoms with Crippen molar-refractivity contribution in [3.63, 3.8) is 0 Å². The van der Waals surface area contributed by atoms with Crippen LogP contribution in [0.1, 0.15) is 0 Å². The van der Waals surface area contributed by atoms with Gasteiger partial charge in [0, 0.05) is 23.1 Å². The lowest BCUT2D eigenvalue weighted by Gasteiger charge is -1.95. The molecule has 0 N–H and O–H groups in total. The molecule has 0 aliphatic rings. The summed E-state index contributed by atoms with van der Waals surface area (Å²) < 4.78 is 0.461. The van der Waals surface area contributed by atoms with Gasteiger partial charge in [-0.2, -0.15) is 0 Å². The Balaban J connectivity index is 2.35. The van der Waals surface area contributed by atoms with Gasteiger partial charge in [0.1, 0.15) is 0 Å². The maximum absolute atomic E-state index is 10.4. The maximum atomic E-state index is 10.4. The second-order valence-electron chi connectivity index (χ2n) is 2.79. The standard InChI is InChI=1S/C9H5ClN2O2S/c10-9-11-8(5-15-9)6-1-3-7(4-2-6)12(13)14/h1-5H. The molecule has 15 heavy (non-hydrogen) atoms. The van der Waals surface area contributed by atoms with Crippen LogP contribution in [-0.4, -0.2) is 9.91 Å². The Bertz CT molecular complexity index is 495. The molecule has 1 aromatic heterocycles. The minimum absolute atomic E-state index is 0.0695. The number of halogens is 1. The SMILES string of the molecule is O=[N+]([O-])c1ccc(-c2csc(Cl)n2)cc1. The van der Waals surface area contributed by atoms with Crippen molar-refractivity contribution in [2.45, 2.75) is 0 Å². The number of nitro benzene ring substituents is 1. The molecule has 4 nitrogen and oxygen atoms in total. The largest absolute Gasteiger partial charge is 0.269 e. The van der Waals surface area contributed by atoms with E-state index in [4.69, 9.17) is 11.6 Å². The Hall–Kier alpha value is -1.46. The molecule has 0 saturated carbocycles. The first-order valence-electron chi connectivity index (χ1n) is 4.02. The van der Waals surface area contributed by atoms with E-state index in [0.717, 1.165) is 11.3 Å². The lowest BCUT2D eigenvalue weighted by Crippen LogP contribution is -1.87. The fraction of sp³-hybridized carbons (Fsp3) is 0. The van der Waals surface area contributed by atoms with Crippen molar-refractivity contribution < 1.29 is 4.92 Å². The van der Waals surface area contributed by atoms with Gasteiger partial charge in [0.25, 0.3) is 5.69 Å². The quantitative estimate of drug-likeness (QED) is 0.597. The summed E-state index contributed by atoms with van der Waals surface area (Å²) in [4.78, 5) is 14.1. The predicted molar refractivity (Wildman–Crippen MR) is 59.2 cm³/mol. The normalized spacial score (nSPS) is 10.2. The summed E-state index contributed by atoms with van der Waals surface area (Å²) >= 11 is 7.02. The molecule has 0 unspecified atom stereocenters. The molecule has 1 heterocycles. The third kappa shape index (κ3) is 2.14. The molecule has 2 aromatic rings. The van der Waals surface area contributed by atoms with Crippen molar-refractivity contribution in [2.24, 2.45) is 0 Å². The minimum Gasteiger partial charge on any atom is -0.258 e. The van der Waals surface area contributed by atoms with E-state index in [1.54, 1.807) is 12.1 Å². The van der Waals surface area contributed by atoms with E-state index in [9.17, 15) is 10.1 Å². The van der Waals surface area contributed by atoms with Crippen molar-refractivity contribution in [3.8, 4) is 11.3 Å². The zero-order chi connectivity index (χ0) is 10.8. The number of nitro groups is 1. The molecule has 0 aliphatic heterocycles. The highest BCUT2D eigenvalue weighted by Crippen LogP contribution is 2.25. The van der Waals surface area contributed by atoms with Gasteiger partial charge in [-0.05, 0) is 12.1 Å². The smallest absolute Gasteiger partial charge is 0.258 e. The summed E-state index contributed by atoms with van der Waals surface area (Å²) in [7, 11) is 0. The Morgan fingerprint density at radius 3 is 2.47 bits per heavy atom. The van der Waals surface area contributed by atoms with Crippen LogP contribution in [0.4, 0.5) is 5.69 Å². The van der Waals surface area contributed by atoms with E-state index in [1.165, 1.54) is 23.5 Å². The zero-order valence-electron chi connectivity index (χ0n) is 7.38. The van der Waals surface area contributed by atoms with Gasteiger partial charge >= 0.3 is 0 Å². The Morgan fingerprint density at radius 1 is 1.33 bits per heavy atom. The molecule has 2 rings (SSSR count). The Kier molecular flexibility index (Phi) is 2.66. The summed E-state index contributed by atoms with van der Waals surface area (Å²) in [5.74, 6) is 0. The molecule has 6 heteroatoms. The van der Waals surface area contributed by atoms with Gasteiger partial charge in [0.05, 0.1) is 10.6 Å². The van der Waals surface area contributed by atoms with Crippen molar-refractivity contribution in [1.82, 2.24) is 4.98 Å². The topological polar surface area (TPSA) is 56.0 Å². The van der Waals surface area contributed by atoms with Gasteiger partial charge in [0.15, 0.2) is 4.47 Å². The van der Waals surface area contributed by atoms with Crippen LogP contribution in [0, 0.1) is 10.1 Å². The second-order valence-corrected chi connectivity index (χ2v) is 4.23. The average molecular weight is 241 g/mol. The molecule has 76 valence electrons. The Labute approximate surface area is 94.3 Å². The van der Waals surface area contributed by atoms with Crippen LogP contribution in [0.25, 0.3) is 11.3 Å². The minimum atomic E-state index is -0.433. The molecule has 0 bridgehead atoms. The number of rotatable bonds is 2. The van der Waals surface area contributed by atoms with E-state index >= 15 is 0 Å². The first-order valence-corrected chi connectivity index (χ1v) is 5.28. The molecule has 0 amide bonds. The molecule has 0 spiro atoms. The van der Waals surface area contributed by atoms with Crippen molar-refractivity contribution in [1.29, 1.82) is 0 Å². The molecule has 1 aromatic carbocycles. The number of thiazole rings is 1. The van der Waals surface area contributed by atoms with Gasteiger partial charge in [-0.1, -0.05) is 11.6 Å². The summed E-state index contributed by atoms with van der Waals surface area (Å²) in [5.41, 5.74) is 1.63. The predicted octanol–water partition coefficient (Wildman–Crippen LogP) is 3.37. The van der Waals surface area contributed by atoms with Gasteiger partial charge in [0.2, 0.25) is 0 Å². The highest BCUT2D eigenvalue weighted by molar-refractivity contribution is 7.14. The monoisotopic (exact) mass is 240 g/mol. The number of aromatic nitrogens is 1. The summed E-state index contributed by atoms with van der Waals surface area (Å²) in [5, 5.41) is 12.2. The van der Waals surface area contributed by atoms with Crippen LogP contribution >= 0.6 is 22.9 Å². The fourth-order valence-corrected chi connectivity index (χ4v) is 1.91. The molecule has 0 saturated heterocycles. The summed E-state index contributed by atoms with van der Waals surface area (Å²) in [6, 6.07) is 6.21. The van der Waals surface area contributed by atoms with E-state index in [0.29, 0.717) is 4.47 Å². The van der Waals surface area contributed by atoms with E-state index in [2.05, 4.69) is 4.98 Å². The van der Waals surface area contributed by atoms with Crippen molar-refractivity contribution >= 4 is 28.6 Å². The van der Waals surface area contributed by atoms with Crippen LogP contribution < -0.4 is 0 Å². The zero-order valence-corrected chi connectivity index (χ0v) is 8.96. The molecular weight excluding hydrogens is 236 g/mol. The van der Waals surface area contributed by atoms with E-state index in [-0.39, 0.29) is 5.69 Å². The van der Waals surface area contributed by atoms with Crippen LogP contribution in [0.15, 0.2) is 29.6 Å². The summed E-state index contributed by atoms with van der Waals surface area (Å²) in [6.45, 7) is 0. The first-order chi connectivity index (χ1) is 7.16. The van der Waals surface area contributed by atoms with Crippen LogP contribution in [0.5, 0.6) is 0 Å². The molecule has 0 atom stereocenters. The molecular formula is C9H5ClN2O2S. The Morgan fingerprint density at radius 2 is 2.00 bits per heavy atom.